The summed E-state index contributed by atoms with van der Waals surface area (Å²) in [5.74, 6) is -0.0624. The molecule has 244 valence electrons. The molecule has 2 fully saturated rings. The molecule has 2 aliphatic heterocycles. The highest BCUT2D eigenvalue weighted by atomic mass is 32.2. The van der Waals surface area contributed by atoms with E-state index < -0.39 is 10.0 Å². The lowest BCUT2D eigenvalue weighted by Gasteiger charge is -2.47. The molecule has 3 heterocycles. The molecule has 0 spiro atoms. The van der Waals surface area contributed by atoms with Crippen LogP contribution in [0.1, 0.15) is 54.6 Å². The number of amides is 2. The average molecular weight is 648 g/mol. The van der Waals surface area contributed by atoms with E-state index in [-0.39, 0.29) is 64.6 Å². The lowest BCUT2D eigenvalue weighted by molar-refractivity contribution is -0.144. The lowest BCUT2D eigenvalue weighted by Crippen LogP contribution is -2.57. The Kier molecular flexibility index (Phi) is 9.02. The quantitative estimate of drug-likeness (QED) is 0.430. The maximum atomic E-state index is 14.3. The predicted octanol–water partition coefficient (Wildman–Crippen LogP) is 4.45. The Bertz CT molecular complexity index is 1710. The van der Waals surface area contributed by atoms with Gasteiger partial charge in [0.25, 0.3) is 15.9 Å². The van der Waals surface area contributed by atoms with E-state index in [0.717, 1.165) is 16.7 Å². The van der Waals surface area contributed by atoms with Crippen LogP contribution in [0.4, 0.5) is 5.95 Å². The van der Waals surface area contributed by atoms with E-state index in [1.54, 1.807) is 18.2 Å². The predicted molar refractivity (Wildman–Crippen MR) is 173 cm³/mol. The number of fused-ring (bicyclic) bond motifs is 4. The Morgan fingerprint density at radius 3 is 2.41 bits per heavy atom. The Labute approximate surface area is 270 Å². The second-order valence-electron chi connectivity index (χ2n) is 12.9. The standard InChI is InChI=1S/C34H41N5O6S/c1-21(2)15-27-20-45-30-19-29(31-22(3)7-5-8-23(31)4)35-34(36-30)37-46(42,43)28-10-6-9-24(18-28)33(41)39(27)26-16-25(17-26)32(40)38-11-13-44-14-12-38/h5-10,18-19,21,25-27H,11-17,20H2,1-4H3,(H,35,36,37)/t25?,26?,27-/m1/s1. The summed E-state index contributed by atoms with van der Waals surface area (Å²) in [6.45, 7) is 10.5. The van der Waals surface area contributed by atoms with E-state index in [1.165, 1.54) is 12.1 Å². The molecule has 3 aromatic rings. The van der Waals surface area contributed by atoms with Gasteiger partial charge >= 0.3 is 0 Å². The SMILES string of the molecule is Cc1cccc(C)c1-c1cc2nc(n1)NS(=O)(=O)c1cccc(c1)C(=O)N(C1CC(C(=O)N3CCOCC3)C1)[C@H](CC(C)C)CO2. The first-order valence-corrected chi connectivity index (χ1v) is 17.4. The molecule has 1 saturated heterocycles. The summed E-state index contributed by atoms with van der Waals surface area (Å²) >= 11 is 0. The highest BCUT2D eigenvalue weighted by molar-refractivity contribution is 7.92. The monoisotopic (exact) mass is 647 g/mol. The molecule has 4 bridgehead atoms. The molecule has 6 rings (SSSR count). The second kappa shape index (κ2) is 13.0. The van der Waals surface area contributed by atoms with Crippen molar-refractivity contribution < 1.29 is 27.5 Å². The zero-order valence-corrected chi connectivity index (χ0v) is 27.5. The smallest absolute Gasteiger partial charge is 0.264 e. The van der Waals surface area contributed by atoms with E-state index in [2.05, 4.69) is 28.5 Å². The van der Waals surface area contributed by atoms with Gasteiger partial charge in [0.05, 0.1) is 29.8 Å². The van der Waals surface area contributed by atoms with Crippen molar-refractivity contribution in [3.8, 4) is 17.1 Å². The van der Waals surface area contributed by atoms with Crippen LogP contribution in [0.5, 0.6) is 5.88 Å². The molecule has 46 heavy (non-hydrogen) atoms. The molecule has 2 amide bonds. The van der Waals surface area contributed by atoms with Crippen molar-refractivity contribution in [2.45, 2.75) is 63.9 Å². The Hall–Kier alpha value is -4.03. The first kappa shape index (κ1) is 31.9. The number of hydrogen-bond donors (Lipinski definition) is 1. The van der Waals surface area contributed by atoms with Crippen LogP contribution in [0.15, 0.2) is 53.4 Å². The molecular formula is C34H41N5O6S. The van der Waals surface area contributed by atoms with Crippen molar-refractivity contribution in [2.75, 3.05) is 37.6 Å². The summed E-state index contributed by atoms with van der Waals surface area (Å²) in [7, 11) is -4.16. The van der Waals surface area contributed by atoms with Crippen molar-refractivity contribution in [3.05, 3.63) is 65.2 Å². The summed E-state index contributed by atoms with van der Waals surface area (Å²) in [5, 5.41) is 0. The number of nitrogens with zero attached hydrogens (tertiary/aromatic N) is 4. The highest BCUT2D eigenvalue weighted by Crippen LogP contribution is 2.37. The molecule has 0 unspecified atom stereocenters. The first-order chi connectivity index (χ1) is 22.0. The van der Waals surface area contributed by atoms with Gasteiger partial charge in [-0.2, -0.15) is 4.98 Å². The van der Waals surface area contributed by atoms with Gasteiger partial charge in [-0.1, -0.05) is 38.1 Å². The molecule has 2 aromatic carbocycles. The number of benzene rings is 2. The number of rotatable bonds is 5. The summed E-state index contributed by atoms with van der Waals surface area (Å²) in [6.07, 6.45) is 1.71. The summed E-state index contributed by atoms with van der Waals surface area (Å²) in [4.78, 5) is 40.3. The summed E-state index contributed by atoms with van der Waals surface area (Å²) in [5.41, 5.74) is 3.60. The van der Waals surface area contributed by atoms with Crippen LogP contribution >= 0.6 is 0 Å². The van der Waals surface area contributed by atoms with E-state index >= 15 is 0 Å². The summed E-state index contributed by atoms with van der Waals surface area (Å²) < 4.78 is 41.5. The number of carbonyl (C=O) groups is 2. The number of aromatic nitrogens is 2. The second-order valence-corrected chi connectivity index (χ2v) is 14.6. The van der Waals surface area contributed by atoms with E-state index in [0.29, 0.717) is 51.3 Å². The third-order valence-electron chi connectivity index (χ3n) is 9.03. The zero-order chi connectivity index (χ0) is 32.6. The molecule has 11 nitrogen and oxygen atoms in total. The minimum absolute atomic E-state index is 0.0736. The minimum Gasteiger partial charge on any atom is -0.475 e. The topological polar surface area (TPSA) is 131 Å². The molecular weight excluding hydrogens is 606 g/mol. The molecule has 1 aliphatic carbocycles. The fraction of sp³-hybridized carbons (Fsp3) is 0.471. The van der Waals surface area contributed by atoms with Crippen LogP contribution in [0.3, 0.4) is 0 Å². The molecule has 1 aromatic heterocycles. The van der Waals surface area contributed by atoms with Gasteiger partial charge in [0.1, 0.15) is 6.61 Å². The van der Waals surface area contributed by atoms with Gasteiger partial charge < -0.3 is 19.3 Å². The number of ether oxygens (including phenoxy) is 2. The maximum absolute atomic E-state index is 14.3. The number of carbonyl (C=O) groups excluding carboxylic acids is 2. The first-order valence-electron chi connectivity index (χ1n) is 15.9. The maximum Gasteiger partial charge on any atom is 0.264 e. The number of nitrogens with one attached hydrogen (secondary N) is 1. The van der Waals surface area contributed by atoms with E-state index in [9.17, 15) is 18.0 Å². The van der Waals surface area contributed by atoms with Crippen LogP contribution in [-0.2, 0) is 19.6 Å². The molecule has 1 saturated carbocycles. The number of hydrogen-bond acceptors (Lipinski definition) is 8. The molecule has 12 heteroatoms. The van der Waals surface area contributed by atoms with Gasteiger partial charge in [-0.25, -0.2) is 18.1 Å². The Morgan fingerprint density at radius 1 is 1.02 bits per heavy atom. The lowest BCUT2D eigenvalue weighted by atomic mass is 9.77. The van der Waals surface area contributed by atoms with Crippen molar-refractivity contribution in [1.82, 2.24) is 19.8 Å². The third-order valence-corrected chi connectivity index (χ3v) is 10.4. The Balaban J connectivity index is 1.39. The molecule has 1 atom stereocenters. The minimum atomic E-state index is -4.16. The van der Waals surface area contributed by atoms with Crippen LogP contribution < -0.4 is 9.46 Å². The fourth-order valence-corrected chi connectivity index (χ4v) is 7.68. The van der Waals surface area contributed by atoms with E-state index in [1.807, 2.05) is 41.8 Å². The van der Waals surface area contributed by atoms with Crippen LogP contribution in [0.2, 0.25) is 0 Å². The average Bonchev–Trinajstić information content (AvgIpc) is 3.00. The largest absolute Gasteiger partial charge is 0.475 e. The van der Waals surface area contributed by atoms with Crippen LogP contribution in [0.25, 0.3) is 11.3 Å². The van der Waals surface area contributed by atoms with Crippen molar-refractivity contribution >= 4 is 27.8 Å². The van der Waals surface area contributed by atoms with Crippen LogP contribution in [0, 0.1) is 25.7 Å². The number of anilines is 1. The van der Waals surface area contributed by atoms with Crippen molar-refractivity contribution in [3.63, 3.8) is 0 Å². The van der Waals surface area contributed by atoms with Gasteiger partial charge in [-0.05, 0) is 68.4 Å². The van der Waals surface area contributed by atoms with Gasteiger partial charge in [-0.3, -0.25) is 9.59 Å². The number of morpholine rings is 1. The van der Waals surface area contributed by atoms with Gasteiger partial charge in [0, 0.05) is 42.2 Å². The molecule has 1 N–H and O–H groups in total. The van der Waals surface area contributed by atoms with Crippen molar-refractivity contribution in [1.29, 1.82) is 0 Å². The number of aryl methyl sites for hydroxylation is 2. The van der Waals surface area contributed by atoms with Crippen LogP contribution in [-0.4, -0.2) is 85.0 Å². The zero-order valence-electron chi connectivity index (χ0n) is 26.7. The normalized spacial score (nSPS) is 22.9. The molecule has 0 radical (unpaired) electrons. The fourth-order valence-electron chi connectivity index (χ4n) is 6.69. The van der Waals surface area contributed by atoms with Gasteiger partial charge in [0.15, 0.2) is 0 Å². The number of sulfonamides is 1. The highest BCUT2D eigenvalue weighted by Gasteiger charge is 2.44. The van der Waals surface area contributed by atoms with E-state index in [4.69, 9.17) is 9.47 Å². The third kappa shape index (κ3) is 6.59. The van der Waals surface area contributed by atoms with Gasteiger partial charge in [-0.15, -0.1) is 0 Å². The molecule has 3 aliphatic rings. The Morgan fingerprint density at radius 2 is 1.72 bits per heavy atom. The summed E-state index contributed by atoms with van der Waals surface area (Å²) in [6, 6.07) is 13.1. The van der Waals surface area contributed by atoms with Crippen molar-refractivity contribution in [2.24, 2.45) is 11.8 Å². The van der Waals surface area contributed by atoms with Gasteiger partial charge in [0.2, 0.25) is 17.7 Å².